The summed E-state index contributed by atoms with van der Waals surface area (Å²) in [6.07, 6.45) is 7.14. The molecule has 1 unspecified atom stereocenters. The van der Waals surface area contributed by atoms with Crippen LogP contribution in [-0.4, -0.2) is 25.0 Å². The number of amides is 1. The van der Waals surface area contributed by atoms with Crippen LogP contribution in [0.3, 0.4) is 0 Å². The Labute approximate surface area is 117 Å². The Balaban J connectivity index is 0.00000162. The third-order valence-corrected chi connectivity index (χ3v) is 4.49. The lowest BCUT2D eigenvalue weighted by Crippen LogP contribution is -2.50. The number of hydrogen-bond acceptors (Lipinski definition) is 2. The second-order valence-corrected chi connectivity index (χ2v) is 6.34. The fourth-order valence-corrected chi connectivity index (χ4v) is 3.13. The van der Waals surface area contributed by atoms with E-state index in [4.69, 9.17) is 0 Å². The van der Waals surface area contributed by atoms with E-state index < -0.39 is 0 Å². The summed E-state index contributed by atoms with van der Waals surface area (Å²) in [4.78, 5) is 12.2. The maximum atomic E-state index is 12.2. The standard InChI is InChI=1S/C14H26N2O.ClH/c1-14(2)8-4-3-7-12(14)16-13(17)11-6-5-9-15-10-11;/h11-12,15H,3-10H2,1-2H3,(H,16,17);1H/t11-,12?;/m1./s1. The van der Waals surface area contributed by atoms with Gasteiger partial charge in [-0.3, -0.25) is 4.79 Å². The summed E-state index contributed by atoms with van der Waals surface area (Å²) in [5, 5.41) is 6.61. The highest BCUT2D eigenvalue weighted by Crippen LogP contribution is 2.35. The van der Waals surface area contributed by atoms with Crippen molar-refractivity contribution in [1.29, 1.82) is 0 Å². The molecular formula is C14H27ClN2O. The predicted molar refractivity (Wildman–Crippen MR) is 77.0 cm³/mol. The fourth-order valence-electron chi connectivity index (χ4n) is 3.13. The third kappa shape index (κ3) is 3.86. The van der Waals surface area contributed by atoms with Gasteiger partial charge in [-0.05, 0) is 37.6 Å². The molecule has 0 aromatic rings. The second kappa shape index (κ2) is 6.76. The van der Waals surface area contributed by atoms with Gasteiger partial charge in [-0.1, -0.05) is 26.7 Å². The van der Waals surface area contributed by atoms with Crippen molar-refractivity contribution in [3.63, 3.8) is 0 Å². The van der Waals surface area contributed by atoms with Crippen LogP contribution in [0, 0.1) is 11.3 Å². The quantitative estimate of drug-likeness (QED) is 0.812. The van der Waals surface area contributed by atoms with Gasteiger partial charge >= 0.3 is 0 Å². The molecule has 0 spiro atoms. The number of halogens is 1. The highest BCUT2D eigenvalue weighted by Gasteiger charge is 2.34. The SMILES string of the molecule is CC1(C)CCCCC1NC(=O)[C@@H]1CCCNC1.Cl. The highest BCUT2D eigenvalue weighted by molar-refractivity contribution is 5.85. The molecule has 1 amide bonds. The molecule has 2 N–H and O–H groups in total. The van der Waals surface area contributed by atoms with Crippen molar-refractivity contribution in [2.45, 2.75) is 58.4 Å². The van der Waals surface area contributed by atoms with Gasteiger partial charge in [0, 0.05) is 12.6 Å². The molecule has 1 saturated heterocycles. The molecule has 2 fully saturated rings. The van der Waals surface area contributed by atoms with Gasteiger partial charge < -0.3 is 10.6 Å². The highest BCUT2D eigenvalue weighted by atomic mass is 35.5. The predicted octanol–water partition coefficient (Wildman–Crippen LogP) is 2.49. The first-order valence-corrected chi connectivity index (χ1v) is 7.11. The summed E-state index contributed by atoms with van der Waals surface area (Å²) in [6, 6.07) is 0.380. The molecule has 4 heteroatoms. The minimum absolute atomic E-state index is 0. The molecule has 106 valence electrons. The van der Waals surface area contributed by atoms with Crippen LogP contribution in [0.2, 0.25) is 0 Å². The molecule has 3 nitrogen and oxygen atoms in total. The van der Waals surface area contributed by atoms with Gasteiger partial charge in [0.05, 0.1) is 5.92 Å². The molecule has 2 aliphatic rings. The first kappa shape index (κ1) is 15.8. The fraction of sp³-hybridized carbons (Fsp3) is 0.929. The van der Waals surface area contributed by atoms with Crippen LogP contribution in [0.1, 0.15) is 52.4 Å². The van der Waals surface area contributed by atoms with Crippen molar-refractivity contribution < 1.29 is 4.79 Å². The summed E-state index contributed by atoms with van der Waals surface area (Å²) in [5.74, 6) is 0.471. The zero-order valence-corrected chi connectivity index (χ0v) is 12.4. The average molecular weight is 275 g/mol. The van der Waals surface area contributed by atoms with E-state index >= 15 is 0 Å². The first-order chi connectivity index (χ1) is 8.09. The molecule has 1 aliphatic carbocycles. The maximum absolute atomic E-state index is 12.2. The zero-order chi connectivity index (χ0) is 12.3. The van der Waals surface area contributed by atoms with Gasteiger partial charge in [-0.15, -0.1) is 12.4 Å². The number of piperidine rings is 1. The summed E-state index contributed by atoms with van der Waals surface area (Å²) >= 11 is 0. The summed E-state index contributed by atoms with van der Waals surface area (Å²) in [5.41, 5.74) is 0.274. The Morgan fingerprint density at radius 3 is 2.61 bits per heavy atom. The van der Waals surface area contributed by atoms with Crippen molar-refractivity contribution >= 4 is 18.3 Å². The summed E-state index contributed by atoms with van der Waals surface area (Å²) in [7, 11) is 0. The van der Waals surface area contributed by atoms with Gasteiger partial charge in [-0.2, -0.15) is 0 Å². The molecule has 1 saturated carbocycles. The minimum atomic E-state index is 0. The van der Waals surface area contributed by atoms with Crippen LogP contribution in [0.25, 0.3) is 0 Å². The van der Waals surface area contributed by atoms with E-state index in [0.717, 1.165) is 32.4 Å². The van der Waals surface area contributed by atoms with Crippen molar-refractivity contribution in [2.24, 2.45) is 11.3 Å². The second-order valence-electron chi connectivity index (χ2n) is 6.34. The van der Waals surface area contributed by atoms with Crippen LogP contribution in [0.4, 0.5) is 0 Å². The van der Waals surface area contributed by atoms with Crippen molar-refractivity contribution in [3.05, 3.63) is 0 Å². The summed E-state index contributed by atoms with van der Waals surface area (Å²) < 4.78 is 0. The van der Waals surface area contributed by atoms with Crippen molar-refractivity contribution in [2.75, 3.05) is 13.1 Å². The van der Waals surface area contributed by atoms with Crippen LogP contribution >= 0.6 is 12.4 Å². The van der Waals surface area contributed by atoms with Gasteiger partial charge in [0.2, 0.25) is 5.91 Å². The monoisotopic (exact) mass is 274 g/mol. The lowest BCUT2D eigenvalue weighted by Gasteiger charge is -2.40. The topological polar surface area (TPSA) is 41.1 Å². The zero-order valence-electron chi connectivity index (χ0n) is 11.6. The van der Waals surface area contributed by atoms with Gasteiger partial charge in [0.15, 0.2) is 0 Å². The van der Waals surface area contributed by atoms with Gasteiger partial charge in [0.25, 0.3) is 0 Å². The van der Waals surface area contributed by atoms with E-state index in [-0.39, 0.29) is 29.6 Å². The molecule has 1 aliphatic heterocycles. The molecule has 1 heterocycles. The molecule has 0 bridgehead atoms. The molecule has 0 aromatic heterocycles. The number of carbonyl (C=O) groups excluding carboxylic acids is 1. The normalized spacial score (nSPS) is 31.2. The lowest BCUT2D eigenvalue weighted by molar-refractivity contribution is -0.127. The summed E-state index contributed by atoms with van der Waals surface area (Å²) in [6.45, 7) is 6.50. The van der Waals surface area contributed by atoms with E-state index in [1.807, 2.05) is 0 Å². The number of rotatable bonds is 2. The maximum Gasteiger partial charge on any atom is 0.224 e. The van der Waals surface area contributed by atoms with Crippen molar-refractivity contribution in [1.82, 2.24) is 10.6 Å². The molecule has 18 heavy (non-hydrogen) atoms. The van der Waals surface area contributed by atoms with Crippen LogP contribution in [0.15, 0.2) is 0 Å². The van der Waals surface area contributed by atoms with Gasteiger partial charge in [0.1, 0.15) is 0 Å². The Morgan fingerprint density at radius 1 is 1.22 bits per heavy atom. The Hall–Kier alpha value is -0.280. The minimum Gasteiger partial charge on any atom is -0.353 e. The van der Waals surface area contributed by atoms with Crippen LogP contribution < -0.4 is 10.6 Å². The van der Waals surface area contributed by atoms with E-state index in [1.54, 1.807) is 0 Å². The van der Waals surface area contributed by atoms with E-state index in [0.29, 0.717) is 6.04 Å². The van der Waals surface area contributed by atoms with E-state index in [1.165, 1.54) is 19.3 Å². The van der Waals surface area contributed by atoms with E-state index in [9.17, 15) is 4.79 Å². The van der Waals surface area contributed by atoms with Gasteiger partial charge in [-0.25, -0.2) is 0 Å². The van der Waals surface area contributed by atoms with E-state index in [2.05, 4.69) is 24.5 Å². The smallest absolute Gasteiger partial charge is 0.224 e. The van der Waals surface area contributed by atoms with Crippen LogP contribution in [-0.2, 0) is 4.79 Å². The molecule has 2 rings (SSSR count). The Bertz CT molecular complexity index is 275. The Morgan fingerprint density at radius 2 is 2.00 bits per heavy atom. The third-order valence-electron chi connectivity index (χ3n) is 4.49. The average Bonchev–Trinajstić information content (AvgIpc) is 2.33. The lowest BCUT2D eigenvalue weighted by atomic mass is 9.73. The van der Waals surface area contributed by atoms with Crippen molar-refractivity contribution in [3.8, 4) is 0 Å². The Kier molecular flexibility index (Phi) is 5.93. The number of nitrogens with one attached hydrogen (secondary N) is 2. The first-order valence-electron chi connectivity index (χ1n) is 7.11. The largest absolute Gasteiger partial charge is 0.353 e. The molecule has 0 aromatic carbocycles. The number of hydrogen-bond donors (Lipinski definition) is 2. The molecular weight excluding hydrogens is 248 g/mol. The number of carbonyl (C=O) groups is 1. The van der Waals surface area contributed by atoms with Crippen LogP contribution in [0.5, 0.6) is 0 Å². The molecule has 2 atom stereocenters. The molecule has 0 radical (unpaired) electrons.